The van der Waals surface area contributed by atoms with Crippen molar-refractivity contribution < 1.29 is 5.11 Å². The van der Waals surface area contributed by atoms with E-state index in [9.17, 15) is 0 Å². The van der Waals surface area contributed by atoms with Gasteiger partial charge in [-0.25, -0.2) is 0 Å². The van der Waals surface area contributed by atoms with Gasteiger partial charge in [-0.2, -0.15) is 0 Å². The van der Waals surface area contributed by atoms with Crippen molar-refractivity contribution in [2.24, 2.45) is 0 Å². The Hall–Kier alpha value is -1.50. The van der Waals surface area contributed by atoms with Gasteiger partial charge in [0, 0.05) is 0 Å². The Bertz CT molecular complexity index is 419. The Morgan fingerprint density at radius 1 is 1.24 bits per heavy atom. The van der Waals surface area contributed by atoms with Crippen molar-refractivity contribution in [3.63, 3.8) is 0 Å². The van der Waals surface area contributed by atoms with E-state index in [0.717, 1.165) is 6.42 Å². The quantitative estimate of drug-likeness (QED) is 0.747. The van der Waals surface area contributed by atoms with E-state index >= 15 is 0 Å². The van der Waals surface area contributed by atoms with Gasteiger partial charge in [-0.1, -0.05) is 30.3 Å². The van der Waals surface area contributed by atoms with Crippen molar-refractivity contribution in [1.82, 2.24) is 0 Å². The minimum absolute atomic E-state index is 0.393. The highest BCUT2D eigenvalue weighted by Crippen LogP contribution is 2.26. The standard InChI is InChI=1S/C16H20O/c1-13(17)7-8-14-9-11-16(12-10-14)15-5-3-2-4-6-15/h5,7,9-12,17H,2-4,6,8H2,1H3/b13-7+. The molecule has 90 valence electrons. The molecule has 1 aromatic rings. The van der Waals surface area contributed by atoms with Gasteiger partial charge >= 0.3 is 0 Å². The number of aliphatic hydroxyl groups is 1. The van der Waals surface area contributed by atoms with Crippen molar-refractivity contribution in [2.75, 3.05) is 0 Å². The summed E-state index contributed by atoms with van der Waals surface area (Å²) >= 11 is 0. The zero-order chi connectivity index (χ0) is 12.1. The molecule has 0 aliphatic heterocycles. The highest BCUT2D eigenvalue weighted by Gasteiger charge is 2.05. The Morgan fingerprint density at radius 2 is 2.00 bits per heavy atom. The Balaban J connectivity index is 2.07. The molecule has 2 rings (SSSR count). The Kier molecular flexibility index (Phi) is 4.03. The van der Waals surface area contributed by atoms with E-state index in [0.29, 0.717) is 5.76 Å². The van der Waals surface area contributed by atoms with Gasteiger partial charge < -0.3 is 5.11 Å². The fraction of sp³-hybridized carbons (Fsp3) is 0.375. The molecule has 17 heavy (non-hydrogen) atoms. The molecule has 0 saturated heterocycles. The number of aliphatic hydroxyl groups excluding tert-OH is 1. The summed E-state index contributed by atoms with van der Waals surface area (Å²) in [6.45, 7) is 1.71. The number of benzene rings is 1. The summed E-state index contributed by atoms with van der Waals surface area (Å²) in [4.78, 5) is 0. The van der Waals surface area contributed by atoms with E-state index in [-0.39, 0.29) is 0 Å². The van der Waals surface area contributed by atoms with E-state index in [2.05, 4.69) is 30.3 Å². The third-order valence-electron chi connectivity index (χ3n) is 3.25. The van der Waals surface area contributed by atoms with Crippen molar-refractivity contribution in [3.8, 4) is 0 Å². The molecule has 0 spiro atoms. The van der Waals surface area contributed by atoms with Gasteiger partial charge in [0.05, 0.1) is 5.76 Å². The van der Waals surface area contributed by atoms with E-state index in [1.807, 2.05) is 6.08 Å². The molecule has 0 heterocycles. The van der Waals surface area contributed by atoms with Crippen molar-refractivity contribution in [1.29, 1.82) is 0 Å². The third kappa shape index (κ3) is 3.48. The predicted molar refractivity (Wildman–Crippen MR) is 73.0 cm³/mol. The lowest BCUT2D eigenvalue weighted by Crippen LogP contribution is -1.92. The van der Waals surface area contributed by atoms with Crippen LogP contribution < -0.4 is 0 Å². The largest absolute Gasteiger partial charge is 0.513 e. The first kappa shape index (κ1) is 12.0. The smallest absolute Gasteiger partial charge is 0.0855 e. The summed E-state index contributed by atoms with van der Waals surface area (Å²) in [5, 5.41) is 9.12. The summed E-state index contributed by atoms with van der Waals surface area (Å²) in [5.74, 6) is 0.393. The molecule has 0 fully saturated rings. The zero-order valence-electron chi connectivity index (χ0n) is 10.4. The fourth-order valence-electron chi connectivity index (χ4n) is 2.22. The summed E-state index contributed by atoms with van der Waals surface area (Å²) in [7, 11) is 0. The van der Waals surface area contributed by atoms with Gasteiger partial charge in [0.2, 0.25) is 0 Å². The van der Waals surface area contributed by atoms with Gasteiger partial charge in [-0.3, -0.25) is 0 Å². The second-order valence-corrected chi connectivity index (χ2v) is 4.72. The van der Waals surface area contributed by atoms with Gasteiger partial charge in [-0.05, 0) is 61.8 Å². The summed E-state index contributed by atoms with van der Waals surface area (Å²) in [5.41, 5.74) is 4.10. The van der Waals surface area contributed by atoms with Crippen LogP contribution in [-0.2, 0) is 6.42 Å². The van der Waals surface area contributed by atoms with Crippen LogP contribution >= 0.6 is 0 Å². The van der Waals surface area contributed by atoms with Gasteiger partial charge in [-0.15, -0.1) is 0 Å². The van der Waals surface area contributed by atoms with Gasteiger partial charge in [0.15, 0.2) is 0 Å². The second kappa shape index (κ2) is 5.72. The average Bonchev–Trinajstić information content (AvgIpc) is 2.38. The molecule has 0 bridgehead atoms. The summed E-state index contributed by atoms with van der Waals surface area (Å²) in [6, 6.07) is 8.72. The number of hydrogen-bond donors (Lipinski definition) is 1. The van der Waals surface area contributed by atoms with Crippen molar-refractivity contribution in [2.45, 2.75) is 39.0 Å². The van der Waals surface area contributed by atoms with Crippen LogP contribution in [0.4, 0.5) is 0 Å². The fourth-order valence-corrected chi connectivity index (χ4v) is 2.22. The van der Waals surface area contributed by atoms with E-state index in [4.69, 9.17) is 5.11 Å². The monoisotopic (exact) mass is 228 g/mol. The highest BCUT2D eigenvalue weighted by atomic mass is 16.3. The van der Waals surface area contributed by atoms with Crippen molar-refractivity contribution in [3.05, 3.63) is 53.3 Å². The lowest BCUT2D eigenvalue weighted by atomic mass is 9.93. The maximum Gasteiger partial charge on any atom is 0.0855 e. The maximum atomic E-state index is 9.12. The van der Waals surface area contributed by atoms with Gasteiger partial charge in [0.1, 0.15) is 0 Å². The van der Waals surface area contributed by atoms with Crippen LogP contribution in [0.5, 0.6) is 0 Å². The third-order valence-corrected chi connectivity index (χ3v) is 3.25. The molecule has 1 aromatic carbocycles. The maximum absolute atomic E-state index is 9.12. The molecule has 1 heteroatoms. The molecular formula is C16H20O. The zero-order valence-corrected chi connectivity index (χ0v) is 10.4. The first-order valence-corrected chi connectivity index (χ1v) is 6.40. The molecule has 0 aromatic heterocycles. The molecule has 0 amide bonds. The second-order valence-electron chi connectivity index (χ2n) is 4.72. The molecule has 0 radical (unpaired) electrons. The molecular weight excluding hydrogens is 208 g/mol. The molecule has 1 N–H and O–H groups in total. The molecule has 0 saturated carbocycles. The molecule has 1 aliphatic carbocycles. The van der Waals surface area contributed by atoms with E-state index in [1.54, 1.807) is 6.92 Å². The predicted octanol–water partition coefficient (Wildman–Crippen LogP) is 4.65. The molecule has 1 nitrogen and oxygen atoms in total. The first-order chi connectivity index (χ1) is 8.25. The van der Waals surface area contributed by atoms with Crippen molar-refractivity contribution >= 4 is 5.57 Å². The Labute approximate surface area is 103 Å². The number of allylic oxidation sites excluding steroid dienone is 4. The highest BCUT2D eigenvalue weighted by molar-refractivity contribution is 5.66. The normalized spacial score (nSPS) is 16.8. The SMILES string of the molecule is C/C(O)=C\Cc1ccc(C2=CCCCC2)cc1. The van der Waals surface area contributed by atoms with Gasteiger partial charge in [0.25, 0.3) is 0 Å². The van der Waals surface area contributed by atoms with E-state index < -0.39 is 0 Å². The van der Waals surface area contributed by atoms with E-state index in [1.165, 1.54) is 42.4 Å². The molecule has 0 unspecified atom stereocenters. The summed E-state index contributed by atoms with van der Waals surface area (Å²) in [6.07, 6.45) is 10.1. The van der Waals surface area contributed by atoms with Crippen LogP contribution in [0.1, 0.15) is 43.7 Å². The molecule has 1 aliphatic rings. The topological polar surface area (TPSA) is 20.2 Å². The van der Waals surface area contributed by atoms with Crippen LogP contribution in [0.3, 0.4) is 0 Å². The molecule has 0 atom stereocenters. The van der Waals surface area contributed by atoms with Crippen LogP contribution in [0.2, 0.25) is 0 Å². The lowest BCUT2D eigenvalue weighted by molar-refractivity contribution is 0.412. The van der Waals surface area contributed by atoms with Crippen LogP contribution in [0.25, 0.3) is 5.57 Å². The lowest BCUT2D eigenvalue weighted by Gasteiger charge is -2.13. The minimum atomic E-state index is 0.393. The first-order valence-electron chi connectivity index (χ1n) is 6.40. The van der Waals surface area contributed by atoms with Crippen LogP contribution in [0, 0.1) is 0 Å². The van der Waals surface area contributed by atoms with Crippen LogP contribution in [0.15, 0.2) is 42.2 Å². The number of hydrogen-bond acceptors (Lipinski definition) is 1. The Morgan fingerprint density at radius 3 is 2.59 bits per heavy atom. The average molecular weight is 228 g/mol. The van der Waals surface area contributed by atoms with Crippen LogP contribution in [-0.4, -0.2) is 5.11 Å². The summed E-state index contributed by atoms with van der Waals surface area (Å²) < 4.78 is 0. The minimum Gasteiger partial charge on any atom is -0.513 e. The number of rotatable bonds is 3.